The van der Waals surface area contributed by atoms with Gasteiger partial charge < -0.3 is 10.4 Å². The van der Waals surface area contributed by atoms with Gasteiger partial charge in [-0.05, 0) is 116 Å². The molecule has 1 fully saturated rings. The summed E-state index contributed by atoms with van der Waals surface area (Å²) in [5.41, 5.74) is 8.59. The van der Waals surface area contributed by atoms with Crippen molar-refractivity contribution in [3.63, 3.8) is 0 Å². The Bertz CT molecular complexity index is 1250. The van der Waals surface area contributed by atoms with E-state index in [1.807, 2.05) is 31.2 Å². The lowest BCUT2D eigenvalue weighted by Crippen LogP contribution is -2.23. The second-order valence-corrected chi connectivity index (χ2v) is 11.1. The number of benzene rings is 3. The van der Waals surface area contributed by atoms with Crippen molar-refractivity contribution in [2.75, 3.05) is 5.32 Å². The summed E-state index contributed by atoms with van der Waals surface area (Å²) in [6.07, 6.45) is 8.09. The number of nitrogens with one attached hydrogen (secondary N) is 1. The number of rotatable bonds is 6. The van der Waals surface area contributed by atoms with Gasteiger partial charge in [-0.15, -0.1) is 0 Å². The van der Waals surface area contributed by atoms with E-state index in [0.29, 0.717) is 18.3 Å². The molecule has 4 heteroatoms. The summed E-state index contributed by atoms with van der Waals surface area (Å²) in [6, 6.07) is 23.8. The highest BCUT2D eigenvalue weighted by atomic mass is 16.4. The molecule has 3 aromatic carbocycles. The number of fused-ring (bicyclic) bond motifs is 1. The molecule has 37 heavy (non-hydrogen) atoms. The molecule has 0 aromatic heterocycles. The summed E-state index contributed by atoms with van der Waals surface area (Å²) >= 11 is 0. The van der Waals surface area contributed by atoms with E-state index in [4.69, 9.17) is 5.11 Å². The number of anilines is 1. The zero-order valence-electron chi connectivity index (χ0n) is 21.7. The van der Waals surface area contributed by atoms with Crippen LogP contribution in [0, 0.1) is 18.8 Å². The fraction of sp³-hybridized carbons (Fsp3) is 0.394. The summed E-state index contributed by atoms with van der Waals surface area (Å²) in [7, 11) is 0. The molecule has 0 heterocycles. The SMILES string of the molecule is Cc1cccc(NC(=O)C2CCc3ccc(-c4ccc(C5CCC(CC(=O)O)CC5)cc4)cc3CC2)c1. The summed E-state index contributed by atoms with van der Waals surface area (Å²) in [5.74, 6) is 0.358. The van der Waals surface area contributed by atoms with E-state index in [-0.39, 0.29) is 11.8 Å². The second kappa shape index (κ2) is 11.3. The number of carboxylic acid groups (broad SMARTS) is 1. The molecule has 2 aliphatic carbocycles. The van der Waals surface area contributed by atoms with Crippen LogP contribution in [0.15, 0.2) is 66.7 Å². The number of carbonyl (C=O) groups excluding carboxylic acids is 1. The molecule has 0 radical (unpaired) electrons. The van der Waals surface area contributed by atoms with Crippen LogP contribution in [-0.2, 0) is 22.4 Å². The van der Waals surface area contributed by atoms with E-state index in [0.717, 1.165) is 62.6 Å². The molecule has 0 spiro atoms. The van der Waals surface area contributed by atoms with Crippen LogP contribution in [0.25, 0.3) is 11.1 Å². The van der Waals surface area contributed by atoms with Gasteiger partial charge in [0.1, 0.15) is 0 Å². The van der Waals surface area contributed by atoms with Gasteiger partial charge in [-0.2, -0.15) is 0 Å². The van der Waals surface area contributed by atoms with Crippen molar-refractivity contribution in [2.24, 2.45) is 11.8 Å². The van der Waals surface area contributed by atoms with Crippen LogP contribution >= 0.6 is 0 Å². The van der Waals surface area contributed by atoms with Gasteiger partial charge in [-0.25, -0.2) is 0 Å². The fourth-order valence-corrected chi connectivity index (χ4v) is 6.21. The van der Waals surface area contributed by atoms with Crippen molar-refractivity contribution in [2.45, 2.75) is 70.6 Å². The molecular weight excluding hydrogens is 458 g/mol. The summed E-state index contributed by atoms with van der Waals surface area (Å²) in [4.78, 5) is 24.0. The average Bonchev–Trinajstić information content (AvgIpc) is 3.11. The number of carboxylic acids is 1. The van der Waals surface area contributed by atoms with Gasteiger partial charge in [-0.1, -0.05) is 54.6 Å². The molecule has 1 amide bonds. The van der Waals surface area contributed by atoms with Gasteiger partial charge in [0.15, 0.2) is 0 Å². The van der Waals surface area contributed by atoms with Crippen LogP contribution in [0.5, 0.6) is 0 Å². The molecule has 192 valence electrons. The van der Waals surface area contributed by atoms with Crippen LogP contribution in [0.2, 0.25) is 0 Å². The molecule has 4 nitrogen and oxygen atoms in total. The molecular formula is C33H37NO3. The predicted molar refractivity (Wildman–Crippen MR) is 149 cm³/mol. The molecule has 0 bridgehead atoms. The summed E-state index contributed by atoms with van der Waals surface area (Å²) in [5, 5.41) is 12.2. The van der Waals surface area contributed by atoms with Gasteiger partial charge in [0, 0.05) is 18.0 Å². The normalized spacial score (nSPS) is 21.5. The third-order valence-corrected chi connectivity index (χ3v) is 8.41. The first-order valence-corrected chi connectivity index (χ1v) is 13.8. The predicted octanol–water partition coefficient (Wildman–Crippen LogP) is 7.54. The third kappa shape index (κ3) is 6.30. The lowest BCUT2D eigenvalue weighted by molar-refractivity contribution is -0.138. The number of amides is 1. The molecule has 1 atom stereocenters. The Morgan fingerprint density at radius 2 is 1.51 bits per heavy atom. The Labute approximate surface area is 220 Å². The number of hydrogen-bond donors (Lipinski definition) is 2. The highest BCUT2D eigenvalue weighted by Crippen LogP contribution is 2.38. The van der Waals surface area contributed by atoms with Gasteiger partial charge in [-0.3, -0.25) is 9.59 Å². The van der Waals surface area contributed by atoms with E-state index in [1.54, 1.807) is 0 Å². The topological polar surface area (TPSA) is 66.4 Å². The minimum absolute atomic E-state index is 0.0289. The maximum atomic E-state index is 13.0. The summed E-state index contributed by atoms with van der Waals surface area (Å²) < 4.78 is 0. The minimum Gasteiger partial charge on any atom is -0.481 e. The van der Waals surface area contributed by atoms with E-state index in [2.05, 4.69) is 47.8 Å². The molecule has 1 saturated carbocycles. The van der Waals surface area contributed by atoms with Crippen LogP contribution in [0.3, 0.4) is 0 Å². The fourth-order valence-electron chi connectivity index (χ4n) is 6.21. The lowest BCUT2D eigenvalue weighted by Gasteiger charge is -2.28. The van der Waals surface area contributed by atoms with Crippen molar-refractivity contribution in [3.05, 3.63) is 89.0 Å². The average molecular weight is 496 g/mol. The Hall–Kier alpha value is -3.40. The van der Waals surface area contributed by atoms with E-state index in [9.17, 15) is 9.59 Å². The molecule has 2 N–H and O–H groups in total. The maximum absolute atomic E-state index is 13.0. The number of aryl methyl sites for hydroxylation is 3. The quantitative estimate of drug-likeness (QED) is 0.347. The molecule has 3 aromatic rings. The van der Waals surface area contributed by atoms with Gasteiger partial charge in [0.2, 0.25) is 5.91 Å². The van der Waals surface area contributed by atoms with Crippen LogP contribution in [0.4, 0.5) is 5.69 Å². The molecule has 0 aliphatic heterocycles. The van der Waals surface area contributed by atoms with Crippen LogP contribution < -0.4 is 5.32 Å². The number of carbonyl (C=O) groups is 2. The number of aliphatic carboxylic acids is 1. The van der Waals surface area contributed by atoms with Crippen LogP contribution in [0.1, 0.15) is 73.1 Å². The highest BCUT2D eigenvalue weighted by Gasteiger charge is 2.25. The Balaban J connectivity index is 1.21. The van der Waals surface area contributed by atoms with Gasteiger partial charge >= 0.3 is 5.97 Å². The standard InChI is InChI=1S/C33H37NO3/c1-22-3-2-4-31(19-22)34-33(37)28-15-13-27-14-17-29(21-30(27)18-16-28)26-11-9-25(10-12-26)24-7-5-23(6-8-24)20-32(35)36/h2-4,9-12,14,17,19,21,23-24,28H,5-8,13,15-16,18,20H2,1H3,(H,34,37)(H,35,36). The third-order valence-electron chi connectivity index (χ3n) is 8.41. The van der Waals surface area contributed by atoms with Gasteiger partial charge in [0.25, 0.3) is 0 Å². The Morgan fingerprint density at radius 1 is 0.811 bits per heavy atom. The molecule has 5 rings (SSSR count). The van der Waals surface area contributed by atoms with Crippen molar-refractivity contribution in [1.82, 2.24) is 0 Å². The maximum Gasteiger partial charge on any atom is 0.303 e. The Morgan fingerprint density at radius 3 is 2.22 bits per heavy atom. The van der Waals surface area contributed by atoms with Gasteiger partial charge in [0.05, 0.1) is 0 Å². The second-order valence-electron chi connectivity index (χ2n) is 11.1. The molecule has 2 aliphatic rings. The first kappa shape index (κ1) is 25.3. The van der Waals surface area contributed by atoms with Crippen molar-refractivity contribution >= 4 is 17.6 Å². The van der Waals surface area contributed by atoms with Crippen molar-refractivity contribution in [3.8, 4) is 11.1 Å². The smallest absolute Gasteiger partial charge is 0.303 e. The largest absolute Gasteiger partial charge is 0.481 e. The van der Waals surface area contributed by atoms with E-state index in [1.165, 1.54) is 27.8 Å². The van der Waals surface area contributed by atoms with Crippen molar-refractivity contribution in [1.29, 1.82) is 0 Å². The zero-order chi connectivity index (χ0) is 25.8. The molecule has 0 saturated heterocycles. The van der Waals surface area contributed by atoms with E-state index < -0.39 is 5.97 Å². The monoisotopic (exact) mass is 495 g/mol. The first-order valence-electron chi connectivity index (χ1n) is 13.8. The first-order chi connectivity index (χ1) is 17.9. The highest BCUT2D eigenvalue weighted by molar-refractivity contribution is 5.92. The Kier molecular flexibility index (Phi) is 7.73. The zero-order valence-corrected chi connectivity index (χ0v) is 21.7. The van der Waals surface area contributed by atoms with Crippen LogP contribution in [-0.4, -0.2) is 17.0 Å². The minimum atomic E-state index is -0.672. The van der Waals surface area contributed by atoms with E-state index >= 15 is 0 Å². The number of hydrogen-bond acceptors (Lipinski definition) is 2. The molecule has 1 unspecified atom stereocenters. The summed E-state index contributed by atoms with van der Waals surface area (Å²) in [6.45, 7) is 2.04. The van der Waals surface area contributed by atoms with Crippen molar-refractivity contribution < 1.29 is 14.7 Å². The lowest BCUT2D eigenvalue weighted by atomic mass is 9.77.